The van der Waals surface area contributed by atoms with Crippen molar-refractivity contribution in [3.05, 3.63) is 64.2 Å². The summed E-state index contributed by atoms with van der Waals surface area (Å²) >= 11 is 0. The van der Waals surface area contributed by atoms with Gasteiger partial charge in [0.05, 0.1) is 13.5 Å². The molecule has 0 spiro atoms. The summed E-state index contributed by atoms with van der Waals surface area (Å²) < 4.78 is 4.71. The summed E-state index contributed by atoms with van der Waals surface area (Å²) in [7, 11) is 1.38. The van der Waals surface area contributed by atoms with Gasteiger partial charge in [-0.1, -0.05) is 59.7 Å². The van der Waals surface area contributed by atoms with Gasteiger partial charge >= 0.3 is 5.97 Å². The number of benzene rings is 2. The smallest absolute Gasteiger partial charge is 0.309 e. The number of fused-ring (bicyclic) bond motifs is 1. The number of hydrogen-bond acceptors (Lipinski definition) is 3. The van der Waals surface area contributed by atoms with E-state index in [4.69, 9.17) is 4.74 Å². The second kappa shape index (κ2) is 8.49. The van der Waals surface area contributed by atoms with Crippen LogP contribution in [0.2, 0.25) is 0 Å². The third-order valence-corrected chi connectivity index (χ3v) is 6.68. The predicted octanol–water partition coefficient (Wildman–Crippen LogP) is 6.13. The van der Waals surface area contributed by atoms with Gasteiger partial charge < -0.3 is 10.1 Å². The fourth-order valence-electron chi connectivity index (χ4n) is 4.45. The second-order valence-electron chi connectivity index (χ2n) is 10.3. The molecule has 31 heavy (non-hydrogen) atoms. The van der Waals surface area contributed by atoms with Gasteiger partial charge in [0, 0.05) is 11.3 Å². The van der Waals surface area contributed by atoms with Gasteiger partial charge in [-0.25, -0.2) is 0 Å². The predicted molar refractivity (Wildman–Crippen MR) is 126 cm³/mol. The summed E-state index contributed by atoms with van der Waals surface area (Å²) in [5, 5.41) is 3.05. The molecular formula is C27H35NO3. The summed E-state index contributed by atoms with van der Waals surface area (Å²) in [6.45, 7) is 13.4. The van der Waals surface area contributed by atoms with Gasteiger partial charge in [-0.2, -0.15) is 0 Å². The molecule has 0 heterocycles. The van der Waals surface area contributed by atoms with E-state index in [9.17, 15) is 9.59 Å². The number of carbonyl (C=O) groups is 2. The maximum atomic E-state index is 13.3. The molecule has 1 amide bonds. The van der Waals surface area contributed by atoms with Gasteiger partial charge in [0.25, 0.3) is 5.91 Å². The number of rotatable bonds is 5. The van der Waals surface area contributed by atoms with Gasteiger partial charge in [-0.3, -0.25) is 9.59 Å². The van der Waals surface area contributed by atoms with Gasteiger partial charge in [-0.05, 0) is 70.0 Å². The van der Waals surface area contributed by atoms with Crippen LogP contribution in [0.3, 0.4) is 0 Å². The first-order chi connectivity index (χ1) is 14.4. The molecule has 4 heteroatoms. The Labute approximate surface area is 186 Å². The summed E-state index contributed by atoms with van der Waals surface area (Å²) in [6, 6.07) is 11.7. The van der Waals surface area contributed by atoms with Crippen molar-refractivity contribution < 1.29 is 14.3 Å². The molecule has 0 aromatic heterocycles. The van der Waals surface area contributed by atoms with Gasteiger partial charge in [0.2, 0.25) is 0 Å². The van der Waals surface area contributed by atoms with Crippen molar-refractivity contribution in [1.29, 1.82) is 0 Å². The largest absolute Gasteiger partial charge is 0.469 e. The molecule has 0 saturated carbocycles. The van der Waals surface area contributed by atoms with E-state index < -0.39 is 0 Å². The van der Waals surface area contributed by atoms with Gasteiger partial charge in [0.15, 0.2) is 0 Å². The first-order valence-corrected chi connectivity index (χ1v) is 11.1. The Kier molecular flexibility index (Phi) is 6.31. The lowest BCUT2D eigenvalue weighted by Gasteiger charge is -2.42. The number of anilines is 1. The van der Waals surface area contributed by atoms with Crippen LogP contribution < -0.4 is 5.32 Å². The van der Waals surface area contributed by atoms with Crippen molar-refractivity contribution in [2.24, 2.45) is 0 Å². The molecule has 0 saturated heterocycles. The average Bonchev–Trinajstić information content (AvgIpc) is 2.72. The molecular weight excluding hydrogens is 386 g/mol. The third kappa shape index (κ3) is 4.84. The maximum absolute atomic E-state index is 13.3. The van der Waals surface area contributed by atoms with E-state index in [0.717, 1.165) is 29.5 Å². The van der Waals surface area contributed by atoms with Crippen LogP contribution in [0, 0.1) is 0 Å². The normalized spacial score (nSPS) is 16.5. The maximum Gasteiger partial charge on any atom is 0.309 e. The minimum atomic E-state index is -0.280. The molecule has 0 fully saturated rings. The molecule has 1 N–H and O–H groups in total. The van der Waals surface area contributed by atoms with Crippen LogP contribution in [0.15, 0.2) is 36.4 Å². The number of esters is 1. The number of nitrogens with one attached hydrogen (secondary N) is 1. The zero-order chi connectivity index (χ0) is 23.0. The molecule has 1 aliphatic rings. The van der Waals surface area contributed by atoms with Crippen LogP contribution >= 0.6 is 0 Å². The zero-order valence-electron chi connectivity index (χ0n) is 19.9. The minimum Gasteiger partial charge on any atom is -0.469 e. The molecule has 0 unspecified atom stereocenters. The van der Waals surface area contributed by atoms with Crippen molar-refractivity contribution in [2.45, 2.75) is 77.6 Å². The van der Waals surface area contributed by atoms with E-state index in [1.807, 2.05) is 24.3 Å². The van der Waals surface area contributed by atoms with Crippen LogP contribution in [0.4, 0.5) is 5.69 Å². The van der Waals surface area contributed by atoms with E-state index in [0.29, 0.717) is 5.69 Å². The minimum absolute atomic E-state index is 0.0466. The van der Waals surface area contributed by atoms with Crippen molar-refractivity contribution in [3.63, 3.8) is 0 Å². The summed E-state index contributed by atoms with van der Waals surface area (Å²) in [4.78, 5) is 24.8. The van der Waals surface area contributed by atoms with Crippen LogP contribution in [0.1, 0.15) is 92.9 Å². The highest BCUT2D eigenvalue weighted by Crippen LogP contribution is 2.47. The molecule has 1 aliphatic carbocycles. The highest BCUT2D eigenvalue weighted by atomic mass is 16.5. The topological polar surface area (TPSA) is 55.4 Å². The quantitative estimate of drug-likeness (QED) is 0.591. The molecule has 2 aromatic rings. The fraction of sp³-hybridized carbons (Fsp3) is 0.481. The van der Waals surface area contributed by atoms with Crippen molar-refractivity contribution in [3.8, 4) is 0 Å². The monoisotopic (exact) mass is 421 g/mol. The fourth-order valence-corrected chi connectivity index (χ4v) is 4.45. The first-order valence-electron chi connectivity index (χ1n) is 11.1. The van der Waals surface area contributed by atoms with Crippen molar-refractivity contribution >= 4 is 17.6 Å². The Morgan fingerprint density at radius 1 is 0.968 bits per heavy atom. The zero-order valence-corrected chi connectivity index (χ0v) is 19.9. The summed E-state index contributed by atoms with van der Waals surface area (Å²) in [5.74, 6) is -0.126. The molecule has 0 aliphatic heterocycles. The van der Waals surface area contributed by atoms with Crippen LogP contribution in [-0.4, -0.2) is 19.0 Å². The number of amides is 1. The van der Waals surface area contributed by atoms with Crippen LogP contribution in [0.5, 0.6) is 0 Å². The molecule has 4 nitrogen and oxygen atoms in total. The Morgan fingerprint density at radius 2 is 1.52 bits per heavy atom. The average molecular weight is 422 g/mol. The van der Waals surface area contributed by atoms with Crippen LogP contribution in [0.25, 0.3) is 0 Å². The SMILES string of the molecule is COC(=O)Cc1ccc(NC(=O)c2cc3c(cc2C(C)C)C(C)(C)CCC3(C)C)cc1. The molecule has 166 valence electrons. The number of ether oxygens (including phenoxy) is 1. The molecule has 0 radical (unpaired) electrons. The summed E-state index contributed by atoms with van der Waals surface area (Å²) in [5.41, 5.74) is 6.21. The molecule has 2 aromatic carbocycles. The third-order valence-electron chi connectivity index (χ3n) is 6.68. The van der Waals surface area contributed by atoms with Crippen molar-refractivity contribution in [2.75, 3.05) is 12.4 Å². The second-order valence-corrected chi connectivity index (χ2v) is 10.3. The van der Waals surface area contributed by atoms with E-state index >= 15 is 0 Å². The Balaban J connectivity index is 1.94. The molecule has 0 bridgehead atoms. The lowest BCUT2D eigenvalue weighted by atomic mass is 9.62. The van der Waals surface area contributed by atoms with Gasteiger partial charge in [-0.15, -0.1) is 0 Å². The highest BCUT2D eigenvalue weighted by molar-refractivity contribution is 6.05. The lowest BCUT2D eigenvalue weighted by Crippen LogP contribution is -2.34. The van der Waals surface area contributed by atoms with Crippen LogP contribution in [-0.2, 0) is 26.8 Å². The standard InChI is InChI=1S/C27H35NO3/c1-17(2)20-15-22-23(27(5,6)13-12-26(22,3)4)16-21(20)25(30)28-19-10-8-18(9-11-19)14-24(29)31-7/h8-11,15-17H,12-14H2,1-7H3,(H,28,30). The molecule has 3 rings (SSSR count). The summed E-state index contributed by atoms with van der Waals surface area (Å²) in [6.07, 6.45) is 2.47. The first kappa shape index (κ1) is 23.1. The van der Waals surface area contributed by atoms with E-state index in [-0.39, 0.29) is 35.0 Å². The van der Waals surface area contributed by atoms with E-state index in [1.54, 1.807) is 0 Å². The highest BCUT2D eigenvalue weighted by Gasteiger charge is 2.38. The number of methoxy groups -OCH3 is 1. The van der Waals surface area contributed by atoms with Crippen molar-refractivity contribution in [1.82, 2.24) is 0 Å². The lowest BCUT2D eigenvalue weighted by molar-refractivity contribution is -0.139. The Hall–Kier alpha value is -2.62. The van der Waals surface area contributed by atoms with Gasteiger partial charge in [0.1, 0.15) is 0 Å². The number of hydrogen-bond donors (Lipinski definition) is 1. The Bertz CT molecular complexity index is 984. The van der Waals surface area contributed by atoms with E-state index in [2.05, 4.69) is 59.0 Å². The van der Waals surface area contributed by atoms with E-state index in [1.165, 1.54) is 18.2 Å². The number of carbonyl (C=O) groups excluding carboxylic acids is 2. The Morgan fingerprint density at radius 3 is 2.03 bits per heavy atom. The molecule has 0 atom stereocenters.